The van der Waals surface area contributed by atoms with E-state index in [4.69, 9.17) is 17.2 Å². The number of guanidine groups is 1. The van der Waals surface area contributed by atoms with Crippen LogP contribution in [0.5, 0.6) is 0 Å². The molecule has 12 heteroatoms. The van der Waals surface area contributed by atoms with E-state index < -0.39 is 17.8 Å². The first-order valence-corrected chi connectivity index (χ1v) is 11.2. The van der Waals surface area contributed by atoms with Crippen molar-refractivity contribution in [2.45, 2.75) is 25.9 Å². The number of rotatable bonds is 7. The molecule has 9 nitrogen and oxygen atoms in total. The van der Waals surface area contributed by atoms with Gasteiger partial charge < -0.3 is 22.5 Å². The topological polar surface area (TPSA) is 161 Å². The van der Waals surface area contributed by atoms with Gasteiger partial charge in [0.1, 0.15) is 11.9 Å². The third-order valence-electron chi connectivity index (χ3n) is 5.64. The van der Waals surface area contributed by atoms with Gasteiger partial charge in [0, 0.05) is 18.6 Å². The molecule has 38 heavy (non-hydrogen) atoms. The Bertz CT molecular complexity index is 1530. The monoisotopic (exact) mass is 522 g/mol. The van der Waals surface area contributed by atoms with E-state index in [0.717, 1.165) is 10.6 Å². The molecular weight excluding hydrogens is 497 g/mol. The normalized spacial score (nSPS) is 12.4. The van der Waals surface area contributed by atoms with E-state index in [2.05, 4.69) is 15.3 Å². The van der Waals surface area contributed by atoms with Crippen LogP contribution in [0.15, 0.2) is 70.9 Å². The third kappa shape index (κ3) is 6.58. The van der Waals surface area contributed by atoms with Gasteiger partial charge in [-0.3, -0.25) is 4.57 Å². The number of hydrogen-bond donors (Lipinski definition) is 4. The molecule has 1 unspecified atom stereocenters. The number of hydrogen-bond acceptors (Lipinski definition) is 6. The zero-order valence-corrected chi connectivity index (χ0v) is 20.5. The Balaban J connectivity index is 2.00. The Hall–Kier alpha value is -5.05. The minimum absolute atomic E-state index is 0.00983. The molecule has 0 bridgehead atoms. The molecule has 7 N–H and O–H groups in total. The van der Waals surface area contributed by atoms with Gasteiger partial charge in [-0.25, -0.2) is 9.79 Å². The van der Waals surface area contributed by atoms with Crippen molar-refractivity contribution in [1.29, 1.82) is 5.26 Å². The molecule has 0 radical (unpaired) electrons. The lowest BCUT2D eigenvalue weighted by Crippen LogP contribution is -2.24. The van der Waals surface area contributed by atoms with E-state index in [-0.39, 0.29) is 28.6 Å². The first-order valence-electron chi connectivity index (χ1n) is 11.2. The first kappa shape index (κ1) is 27.5. The molecule has 0 saturated heterocycles. The summed E-state index contributed by atoms with van der Waals surface area (Å²) in [4.78, 5) is 19.7. The van der Waals surface area contributed by atoms with Gasteiger partial charge in [0.25, 0.3) is 0 Å². The quantitative estimate of drug-likeness (QED) is 0.271. The summed E-state index contributed by atoms with van der Waals surface area (Å²) >= 11 is 0. The average Bonchev–Trinajstić information content (AvgIpc) is 2.83. The number of nitrogen functional groups attached to an aromatic ring is 1. The standard InChI is InChI=1S/C26H25F3N8O/c1-15-11-18(13-22(16(15)2)37-10-7-23(31)36-25(37)38)20(26(27,28)29)5-3-17-4-6-21(19(12-17)14-30)34-8-9-35-24(32)33/h3-13,20,34H,1-2H3,(H2,31,36,38)(H4,32,33,35)/b5-3+,9-8+. The van der Waals surface area contributed by atoms with Crippen LogP contribution in [0.4, 0.5) is 24.7 Å². The van der Waals surface area contributed by atoms with E-state index >= 15 is 0 Å². The summed E-state index contributed by atoms with van der Waals surface area (Å²) in [7, 11) is 0. The Morgan fingerprint density at radius 2 is 1.95 bits per heavy atom. The van der Waals surface area contributed by atoms with Gasteiger partial charge in [-0.2, -0.15) is 23.4 Å². The molecule has 3 aromatic rings. The molecule has 0 fully saturated rings. The predicted octanol–water partition coefficient (Wildman–Crippen LogP) is 3.82. The maximum absolute atomic E-state index is 14.2. The minimum atomic E-state index is -4.63. The molecular formula is C26H25F3N8O. The summed E-state index contributed by atoms with van der Waals surface area (Å²) in [5.74, 6) is -2.11. The van der Waals surface area contributed by atoms with E-state index in [1.807, 2.05) is 6.07 Å². The lowest BCUT2D eigenvalue weighted by Gasteiger charge is -2.21. The predicted molar refractivity (Wildman–Crippen MR) is 141 cm³/mol. The highest BCUT2D eigenvalue weighted by Crippen LogP contribution is 2.38. The maximum atomic E-state index is 14.2. The molecule has 3 rings (SSSR count). The second kappa shape index (κ2) is 11.3. The number of nitriles is 1. The Morgan fingerprint density at radius 3 is 2.58 bits per heavy atom. The van der Waals surface area contributed by atoms with E-state index in [9.17, 15) is 23.2 Å². The van der Waals surface area contributed by atoms with Gasteiger partial charge in [0.05, 0.1) is 22.9 Å². The molecule has 0 spiro atoms. The second-order valence-corrected chi connectivity index (χ2v) is 8.30. The summed E-state index contributed by atoms with van der Waals surface area (Å²) in [6.45, 7) is 3.38. The van der Waals surface area contributed by atoms with Crippen molar-refractivity contribution in [2.24, 2.45) is 16.5 Å². The van der Waals surface area contributed by atoms with E-state index in [1.165, 1.54) is 48.9 Å². The fourth-order valence-electron chi connectivity index (χ4n) is 3.65. The number of anilines is 2. The van der Waals surface area contributed by atoms with Crippen LogP contribution in [0.1, 0.15) is 33.7 Å². The number of benzene rings is 2. The molecule has 0 amide bonds. The number of aliphatic imine (C=N–C) groups is 1. The van der Waals surface area contributed by atoms with Crippen molar-refractivity contribution in [1.82, 2.24) is 9.55 Å². The van der Waals surface area contributed by atoms with Crippen LogP contribution in [0.3, 0.4) is 0 Å². The summed E-state index contributed by atoms with van der Waals surface area (Å²) in [5, 5.41) is 12.3. The van der Waals surface area contributed by atoms with Gasteiger partial charge >= 0.3 is 11.9 Å². The summed E-state index contributed by atoms with van der Waals surface area (Å²) in [6.07, 6.45) is 1.76. The number of alkyl halides is 3. The fourth-order valence-corrected chi connectivity index (χ4v) is 3.65. The van der Waals surface area contributed by atoms with Crippen LogP contribution >= 0.6 is 0 Å². The molecule has 2 aromatic carbocycles. The van der Waals surface area contributed by atoms with E-state index in [1.54, 1.807) is 26.0 Å². The van der Waals surface area contributed by atoms with Crippen molar-refractivity contribution >= 4 is 23.5 Å². The molecule has 0 aliphatic rings. The molecule has 0 aliphatic carbocycles. The fraction of sp³-hybridized carbons (Fsp3) is 0.154. The van der Waals surface area contributed by atoms with Crippen molar-refractivity contribution in [3.8, 4) is 11.8 Å². The summed E-state index contributed by atoms with van der Waals surface area (Å²) < 4.78 is 43.8. The number of halogens is 3. The zero-order chi connectivity index (χ0) is 28.0. The van der Waals surface area contributed by atoms with Gasteiger partial charge in [-0.15, -0.1) is 0 Å². The first-order chi connectivity index (χ1) is 17.9. The van der Waals surface area contributed by atoms with Crippen molar-refractivity contribution in [2.75, 3.05) is 11.1 Å². The lowest BCUT2D eigenvalue weighted by molar-refractivity contribution is -0.139. The molecule has 1 aromatic heterocycles. The van der Waals surface area contributed by atoms with Crippen LogP contribution in [-0.4, -0.2) is 21.7 Å². The number of nitrogens with one attached hydrogen (secondary N) is 1. The number of nitrogens with two attached hydrogens (primary N) is 3. The summed E-state index contributed by atoms with van der Waals surface area (Å²) in [6, 6.07) is 10.7. The van der Waals surface area contributed by atoms with Crippen molar-refractivity contribution < 1.29 is 13.2 Å². The third-order valence-corrected chi connectivity index (χ3v) is 5.64. The lowest BCUT2D eigenvalue weighted by atomic mass is 9.92. The van der Waals surface area contributed by atoms with Crippen molar-refractivity contribution in [3.63, 3.8) is 0 Å². The number of aryl methyl sites for hydroxylation is 1. The number of nitrogens with zero attached hydrogens (tertiary/aromatic N) is 4. The Kier molecular flexibility index (Phi) is 8.22. The maximum Gasteiger partial charge on any atom is 0.399 e. The van der Waals surface area contributed by atoms with Crippen LogP contribution in [0.2, 0.25) is 0 Å². The van der Waals surface area contributed by atoms with Crippen LogP contribution in [0, 0.1) is 25.2 Å². The SMILES string of the molecule is Cc1cc(C(/C=C/c2ccc(N/C=C/N=C(N)N)c(C#N)c2)C(F)(F)F)cc(-n2ccc(N)nc2=O)c1C. The van der Waals surface area contributed by atoms with Crippen LogP contribution < -0.4 is 28.2 Å². The second-order valence-electron chi connectivity index (χ2n) is 8.30. The van der Waals surface area contributed by atoms with Crippen LogP contribution in [0.25, 0.3) is 11.8 Å². The molecule has 1 heterocycles. The molecule has 196 valence electrons. The highest BCUT2D eigenvalue weighted by molar-refractivity contribution is 5.76. The zero-order valence-electron chi connectivity index (χ0n) is 20.5. The Labute approximate surface area is 216 Å². The smallest absolute Gasteiger partial charge is 0.383 e. The van der Waals surface area contributed by atoms with Crippen LogP contribution in [-0.2, 0) is 0 Å². The van der Waals surface area contributed by atoms with Gasteiger partial charge in [0.2, 0.25) is 0 Å². The molecule has 0 saturated carbocycles. The highest BCUT2D eigenvalue weighted by Gasteiger charge is 2.39. The Morgan fingerprint density at radius 1 is 1.21 bits per heavy atom. The van der Waals surface area contributed by atoms with Gasteiger partial charge in [-0.05, 0) is 60.4 Å². The van der Waals surface area contributed by atoms with Gasteiger partial charge in [-0.1, -0.05) is 24.3 Å². The number of aromatic nitrogens is 2. The average molecular weight is 523 g/mol. The largest absolute Gasteiger partial charge is 0.399 e. The molecule has 0 aliphatic heterocycles. The molecule has 1 atom stereocenters. The van der Waals surface area contributed by atoms with E-state index in [0.29, 0.717) is 22.4 Å². The summed E-state index contributed by atoms with van der Waals surface area (Å²) in [5.41, 5.74) is 17.7. The van der Waals surface area contributed by atoms with Gasteiger partial charge in [0.15, 0.2) is 5.96 Å². The number of allylic oxidation sites excluding steroid dienone is 1. The van der Waals surface area contributed by atoms with Crippen molar-refractivity contribution in [3.05, 3.63) is 99.4 Å². The highest BCUT2D eigenvalue weighted by atomic mass is 19.4. The minimum Gasteiger partial charge on any atom is -0.383 e.